The average Bonchev–Trinajstić information content (AvgIpc) is 2.79. The van der Waals surface area contributed by atoms with E-state index < -0.39 is 0 Å². The molecule has 0 aliphatic carbocycles. The zero-order valence-corrected chi connectivity index (χ0v) is 12.7. The maximum atomic E-state index is 5.15. The zero-order chi connectivity index (χ0) is 13.4. The van der Waals surface area contributed by atoms with Gasteiger partial charge in [0.1, 0.15) is 5.01 Å². The molecule has 1 N–H and O–H groups in total. The van der Waals surface area contributed by atoms with Crippen LogP contribution in [-0.4, -0.2) is 42.7 Å². The van der Waals surface area contributed by atoms with Gasteiger partial charge in [-0.15, -0.1) is 11.3 Å². The minimum atomic E-state index is 0.513. The van der Waals surface area contributed by atoms with E-state index in [0.717, 1.165) is 38.5 Å². The molecule has 1 rings (SSSR count). The summed E-state index contributed by atoms with van der Waals surface area (Å²) in [6.07, 6.45) is 0. The second kappa shape index (κ2) is 8.58. The minimum absolute atomic E-state index is 0.513. The highest BCUT2D eigenvalue weighted by atomic mass is 32.1. The van der Waals surface area contributed by atoms with E-state index in [-0.39, 0.29) is 0 Å². The van der Waals surface area contributed by atoms with Crippen LogP contribution in [0.15, 0.2) is 5.38 Å². The molecule has 0 spiro atoms. The van der Waals surface area contributed by atoms with Crippen molar-refractivity contribution in [2.24, 2.45) is 0 Å². The van der Waals surface area contributed by atoms with Crippen LogP contribution in [0.5, 0.6) is 0 Å². The first-order valence-corrected chi connectivity index (χ1v) is 7.42. The third-order valence-corrected chi connectivity index (χ3v) is 3.70. The lowest BCUT2D eigenvalue weighted by Crippen LogP contribution is -2.33. The van der Waals surface area contributed by atoms with Crippen molar-refractivity contribution in [3.05, 3.63) is 16.1 Å². The first kappa shape index (κ1) is 15.6. The maximum absolute atomic E-state index is 5.15. The van der Waals surface area contributed by atoms with Crippen molar-refractivity contribution in [1.82, 2.24) is 15.2 Å². The summed E-state index contributed by atoms with van der Waals surface area (Å²) in [5.41, 5.74) is 1.16. The fourth-order valence-corrected chi connectivity index (χ4v) is 2.43. The first-order valence-electron chi connectivity index (χ1n) is 6.54. The van der Waals surface area contributed by atoms with Gasteiger partial charge in [-0.25, -0.2) is 4.98 Å². The van der Waals surface area contributed by atoms with Crippen molar-refractivity contribution in [2.45, 2.75) is 39.9 Å². The Morgan fingerprint density at radius 3 is 2.89 bits per heavy atom. The fraction of sp³-hybridized carbons (Fsp3) is 0.769. The van der Waals surface area contributed by atoms with Crippen LogP contribution in [0.3, 0.4) is 0 Å². The summed E-state index contributed by atoms with van der Waals surface area (Å²) in [4.78, 5) is 7.04. The van der Waals surface area contributed by atoms with Crippen LogP contribution in [-0.2, 0) is 17.8 Å². The summed E-state index contributed by atoms with van der Waals surface area (Å²) in [5.74, 6) is 0. The number of hydrogen-bond acceptors (Lipinski definition) is 5. The van der Waals surface area contributed by atoms with Crippen molar-refractivity contribution in [2.75, 3.05) is 26.8 Å². The molecule has 0 atom stereocenters. The van der Waals surface area contributed by atoms with Gasteiger partial charge in [-0.2, -0.15) is 0 Å². The number of nitrogens with one attached hydrogen (secondary N) is 1. The molecule has 0 amide bonds. The molecule has 0 saturated heterocycles. The highest BCUT2D eigenvalue weighted by Gasteiger charge is 2.11. The number of methoxy groups -OCH3 is 1. The third-order valence-electron chi connectivity index (χ3n) is 2.80. The summed E-state index contributed by atoms with van der Waals surface area (Å²) in [5, 5.41) is 6.63. The van der Waals surface area contributed by atoms with E-state index in [2.05, 4.69) is 41.4 Å². The number of aromatic nitrogens is 1. The number of hydrogen-bond donors (Lipinski definition) is 1. The predicted octanol–water partition coefficient (Wildman–Crippen LogP) is 2.11. The Hall–Kier alpha value is -0.490. The zero-order valence-electron chi connectivity index (χ0n) is 11.9. The summed E-state index contributed by atoms with van der Waals surface area (Å²) in [6, 6.07) is 0.513. The minimum Gasteiger partial charge on any atom is -0.383 e. The molecule has 1 aromatic heterocycles. The van der Waals surface area contributed by atoms with E-state index in [9.17, 15) is 0 Å². The fourth-order valence-electron chi connectivity index (χ4n) is 1.67. The van der Waals surface area contributed by atoms with Gasteiger partial charge in [-0.05, 0) is 20.4 Å². The van der Waals surface area contributed by atoms with E-state index in [1.807, 2.05) is 0 Å². The topological polar surface area (TPSA) is 37.4 Å². The smallest absolute Gasteiger partial charge is 0.107 e. The molecular formula is C13H25N3OS. The SMILES string of the molecule is CCNCc1nc(CN(CCOC)C(C)C)cs1. The van der Waals surface area contributed by atoms with Crippen molar-refractivity contribution in [1.29, 1.82) is 0 Å². The van der Waals surface area contributed by atoms with Gasteiger partial charge in [0.15, 0.2) is 0 Å². The maximum Gasteiger partial charge on any atom is 0.107 e. The molecule has 0 aliphatic rings. The van der Waals surface area contributed by atoms with E-state index in [1.165, 1.54) is 5.01 Å². The quantitative estimate of drug-likeness (QED) is 0.746. The number of thiazole rings is 1. The molecule has 1 aromatic rings. The van der Waals surface area contributed by atoms with Crippen molar-refractivity contribution < 1.29 is 4.74 Å². The van der Waals surface area contributed by atoms with Crippen LogP contribution in [0.1, 0.15) is 31.5 Å². The van der Waals surface area contributed by atoms with Crippen LogP contribution in [0.25, 0.3) is 0 Å². The Balaban J connectivity index is 2.49. The van der Waals surface area contributed by atoms with Crippen molar-refractivity contribution >= 4 is 11.3 Å². The summed E-state index contributed by atoms with van der Waals surface area (Å²) in [7, 11) is 1.75. The van der Waals surface area contributed by atoms with Crippen LogP contribution in [0, 0.1) is 0 Å². The lowest BCUT2D eigenvalue weighted by Gasteiger charge is -2.25. The van der Waals surface area contributed by atoms with Gasteiger partial charge in [-0.1, -0.05) is 6.92 Å². The highest BCUT2D eigenvalue weighted by Crippen LogP contribution is 2.13. The number of rotatable bonds is 9. The van der Waals surface area contributed by atoms with Gasteiger partial charge in [0.25, 0.3) is 0 Å². The number of nitrogens with zero attached hydrogens (tertiary/aromatic N) is 2. The van der Waals surface area contributed by atoms with Gasteiger partial charge < -0.3 is 10.1 Å². The second-order valence-electron chi connectivity index (χ2n) is 4.57. The van der Waals surface area contributed by atoms with Crippen molar-refractivity contribution in [3.63, 3.8) is 0 Å². The molecule has 0 saturated carbocycles. The average molecular weight is 271 g/mol. The first-order chi connectivity index (χ1) is 8.67. The van der Waals surface area contributed by atoms with E-state index in [0.29, 0.717) is 6.04 Å². The van der Waals surface area contributed by atoms with Crippen LogP contribution >= 0.6 is 11.3 Å². The molecule has 4 nitrogen and oxygen atoms in total. The molecule has 18 heavy (non-hydrogen) atoms. The molecule has 0 radical (unpaired) electrons. The van der Waals surface area contributed by atoms with Crippen LogP contribution in [0.2, 0.25) is 0 Å². The molecule has 0 aliphatic heterocycles. The van der Waals surface area contributed by atoms with Crippen LogP contribution in [0.4, 0.5) is 0 Å². The Labute approximate surface area is 114 Å². The molecule has 0 bridgehead atoms. The molecule has 0 fully saturated rings. The third kappa shape index (κ3) is 5.44. The van der Waals surface area contributed by atoms with Gasteiger partial charge in [0, 0.05) is 38.2 Å². The predicted molar refractivity (Wildman–Crippen MR) is 76.9 cm³/mol. The molecular weight excluding hydrogens is 246 g/mol. The Bertz CT molecular complexity index is 328. The van der Waals surface area contributed by atoms with E-state index in [4.69, 9.17) is 4.74 Å². The Kier molecular flexibility index (Phi) is 7.42. The molecule has 0 aromatic carbocycles. The normalized spacial score (nSPS) is 11.7. The summed E-state index contributed by atoms with van der Waals surface area (Å²) in [6.45, 7) is 11.0. The van der Waals surface area contributed by atoms with Crippen molar-refractivity contribution in [3.8, 4) is 0 Å². The standard InChI is InChI=1S/C13H25N3OS/c1-5-14-8-13-15-12(10-18-13)9-16(11(2)3)6-7-17-4/h10-11,14H,5-9H2,1-4H3. The Morgan fingerprint density at radius 1 is 1.50 bits per heavy atom. The van der Waals surface area contributed by atoms with Gasteiger partial charge in [-0.3, -0.25) is 4.90 Å². The van der Waals surface area contributed by atoms with E-state index >= 15 is 0 Å². The summed E-state index contributed by atoms with van der Waals surface area (Å²) < 4.78 is 5.15. The molecule has 0 unspecified atom stereocenters. The Morgan fingerprint density at radius 2 is 2.28 bits per heavy atom. The molecule has 1 heterocycles. The molecule has 104 valence electrons. The van der Waals surface area contributed by atoms with Gasteiger partial charge in [0.05, 0.1) is 12.3 Å². The largest absolute Gasteiger partial charge is 0.383 e. The lowest BCUT2D eigenvalue weighted by atomic mass is 10.3. The monoisotopic (exact) mass is 271 g/mol. The van der Waals surface area contributed by atoms with Gasteiger partial charge in [0.2, 0.25) is 0 Å². The highest BCUT2D eigenvalue weighted by molar-refractivity contribution is 7.09. The van der Waals surface area contributed by atoms with E-state index in [1.54, 1.807) is 18.4 Å². The summed E-state index contributed by atoms with van der Waals surface area (Å²) >= 11 is 1.74. The lowest BCUT2D eigenvalue weighted by molar-refractivity contribution is 0.124. The van der Waals surface area contributed by atoms with Gasteiger partial charge >= 0.3 is 0 Å². The molecule has 5 heteroatoms. The second-order valence-corrected chi connectivity index (χ2v) is 5.51. The number of ether oxygens (including phenoxy) is 1. The van der Waals surface area contributed by atoms with Crippen LogP contribution < -0.4 is 5.32 Å².